The Hall–Kier alpha value is -3.74. The average Bonchev–Trinajstić information content (AvgIpc) is 3.51. The molecule has 156 valence electrons. The lowest BCUT2D eigenvalue weighted by molar-refractivity contribution is 0.101. The molecule has 0 bridgehead atoms. The number of hydrogen-bond donors (Lipinski definition) is 1. The van der Waals surface area contributed by atoms with E-state index in [0.717, 1.165) is 27.4 Å². The van der Waals surface area contributed by atoms with Crippen LogP contribution in [-0.2, 0) is 0 Å². The molecule has 0 aliphatic heterocycles. The number of nitrogens with one attached hydrogen (secondary N) is 1. The second kappa shape index (κ2) is 8.78. The molecule has 2 aromatic heterocycles. The summed E-state index contributed by atoms with van der Waals surface area (Å²) >= 11 is 7.53. The number of carbonyl (C=O) groups is 1. The van der Waals surface area contributed by atoms with E-state index in [-0.39, 0.29) is 11.6 Å². The van der Waals surface area contributed by atoms with Crippen molar-refractivity contribution in [2.45, 2.75) is 0 Å². The molecule has 7 heteroatoms. The molecule has 2 heterocycles. The number of aromatic nitrogens is 2. The first kappa shape index (κ1) is 20.2. The number of amides is 1. The Labute approximate surface area is 193 Å². The van der Waals surface area contributed by atoms with Crippen molar-refractivity contribution in [3.05, 3.63) is 101 Å². The lowest BCUT2D eigenvalue weighted by Crippen LogP contribution is -2.12. The van der Waals surface area contributed by atoms with Gasteiger partial charge in [-0.25, -0.2) is 4.98 Å². The van der Waals surface area contributed by atoms with Crippen molar-refractivity contribution >= 4 is 34.5 Å². The van der Waals surface area contributed by atoms with Gasteiger partial charge in [-0.1, -0.05) is 71.4 Å². The van der Waals surface area contributed by atoms with Crippen LogP contribution in [0.5, 0.6) is 0 Å². The van der Waals surface area contributed by atoms with Gasteiger partial charge in [-0.05, 0) is 24.3 Å². The Morgan fingerprint density at radius 2 is 1.66 bits per heavy atom. The van der Waals surface area contributed by atoms with Gasteiger partial charge < -0.3 is 9.84 Å². The van der Waals surface area contributed by atoms with Crippen LogP contribution in [0.1, 0.15) is 10.5 Å². The first-order valence-corrected chi connectivity index (χ1v) is 11.1. The van der Waals surface area contributed by atoms with Gasteiger partial charge in [0.15, 0.2) is 11.5 Å². The Bertz CT molecular complexity index is 1380. The fourth-order valence-electron chi connectivity index (χ4n) is 3.20. The second-order valence-electron chi connectivity index (χ2n) is 7.02. The van der Waals surface area contributed by atoms with Crippen LogP contribution in [0.15, 0.2) is 94.8 Å². The zero-order valence-electron chi connectivity index (χ0n) is 16.7. The molecule has 5 rings (SSSR count). The predicted octanol–water partition coefficient (Wildman–Crippen LogP) is 7.04. The van der Waals surface area contributed by atoms with E-state index in [2.05, 4.69) is 10.5 Å². The zero-order valence-corrected chi connectivity index (χ0v) is 18.2. The van der Waals surface area contributed by atoms with Crippen molar-refractivity contribution in [3.63, 3.8) is 0 Å². The maximum absolute atomic E-state index is 12.7. The summed E-state index contributed by atoms with van der Waals surface area (Å²) in [5, 5.41) is 10.4. The van der Waals surface area contributed by atoms with Gasteiger partial charge in [-0.15, -0.1) is 11.3 Å². The fraction of sp³-hybridized carbons (Fsp3) is 0. The molecule has 0 fully saturated rings. The van der Waals surface area contributed by atoms with Crippen molar-refractivity contribution < 1.29 is 9.32 Å². The number of anilines is 1. The third-order valence-corrected chi connectivity index (χ3v) is 5.96. The standard InChI is InChI=1S/C25H16ClN3O2S/c26-19-11-9-17(10-12-19)25-28-22(15-32-25)18-7-4-8-20(13-18)27-24(30)21-14-23(31-29-21)16-5-2-1-3-6-16/h1-15H,(H,27,30). The molecule has 0 spiro atoms. The van der Waals surface area contributed by atoms with Crippen molar-refractivity contribution in [1.29, 1.82) is 0 Å². The third-order valence-electron chi connectivity index (χ3n) is 4.81. The quantitative estimate of drug-likeness (QED) is 0.307. The summed E-state index contributed by atoms with van der Waals surface area (Å²) in [6.45, 7) is 0. The molecular formula is C25H16ClN3O2S. The van der Waals surface area contributed by atoms with E-state index in [4.69, 9.17) is 21.1 Å². The van der Waals surface area contributed by atoms with Gasteiger partial charge in [-0.3, -0.25) is 4.79 Å². The van der Waals surface area contributed by atoms with Crippen LogP contribution in [0.2, 0.25) is 5.02 Å². The molecule has 5 nitrogen and oxygen atoms in total. The molecule has 5 aromatic rings. The molecule has 0 saturated carbocycles. The van der Waals surface area contributed by atoms with E-state index >= 15 is 0 Å². The number of rotatable bonds is 5. The summed E-state index contributed by atoms with van der Waals surface area (Å²) in [7, 11) is 0. The Morgan fingerprint density at radius 1 is 0.875 bits per heavy atom. The lowest BCUT2D eigenvalue weighted by atomic mass is 10.1. The summed E-state index contributed by atoms with van der Waals surface area (Å²) in [6.07, 6.45) is 0. The highest BCUT2D eigenvalue weighted by atomic mass is 35.5. The van der Waals surface area contributed by atoms with E-state index in [1.165, 1.54) is 0 Å². The summed E-state index contributed by atoms with van der Waals surface area (Å²) < 4.78 is 5.33. The molecule has 0 unspecified atom stereocenters. The molecule has 0 atom stereocenters. The molecule has 3 aromatic carbocycles. The number of carbonyl (C=O) groups excluding carboxylic acids is 1. The molecular weight excluding hydrogens is 442 g/mol. The SMILES string of the molecule is O=C(Nc1cccc(-c2csc(-c3ccc(Cl)cc3)n2)c1)c1cc(-c2ccccc2)on1. The van der Waals surface area contributed by atoms with Gasteiger partial charge in [-0.2, -0.15) is 0 Å². The van der Waals surface area contributed by atoms with E-state index in [0.29, 0.717) is 16.5 Å². The molecule has 1 amide bonds. The van der Waals surface area contributed by atoms with E-state index in [9.17, 15) is 4.79 Å². The average molecular weight is 458 g/mol. The Morgan fingerprint density at radius 3 is 2.47 bits per heavy atom. The predicted molar refractivity (Wildman–Crippen MR) is 128 cm³/mol. The highest BCUT2D eigenvalue weighted by molar-refractivity contribution is 7.13. The van der Waals surface area contributed by atoms with Gasteiger partial charge in [0.1, 0.15) is 5.01 Å². The molecule has 32 heavy (non-hydrogen) atoms. The number of thiazole rings is 1. The number of benzene rings is 3. The molecule has 0 radical (unpaired) electrons. The van der Waals surface area contributed by atoms with Crippen molar-refractivity contribution in [2.75, 3.05) is 5.32 Å². The monoisotopic (exact) mass is 457 g/mol. The molecule has 1 N–H and O–H groups in total. The summed E-state index contributed by atoms with van der Waals surface area (Å²) in [6, 6.07) is 26.3. The first-order valence-electron chi connectivity index (χ1n) is 9.81. The highest BCUT2D eigenvalue weighted by Gasteiger charge is 2.14. The first-order chi connectivity index (χ1) is 15.7. The van der Waals surface area contributed by atoms with E-state index in [1.807, 2.05) is 84.2 Å². The van der Waals surface area contributed by atoms with Crippen LogP contribution >= 0.6 is 22.9 Å². The maximum Gasteiger partial charge on any atom is 0.277 e. The van der Waals surface area contributed by atoms with Crippen LogP contribution in [-0.4, -0.2) is 16.0 Å². The zero-order chi connectivity index (χ0) is 21.9. The molecule has 0 aliphatic rings. The lowest BCUT2D eigenvalue weighted by Gasteiger charge is -2.05. The normalized spacial score (nSPS) is 10.8. The largest absolute Gasteiger partial charge is 0.355 e. The van der Waals surface area contributed by atoms with Gasteiger partial charge in [0, 0.05) is 38.8 Å². The van der Waals surface area contributed by atoms with Crippen LogP contribution in [0.3, 0.4) is 0 Å². The van der Waals surface area contributed by atoms with Gasteiger partial charge in [0.2, 0.25) is 0 Å². The third kappa shape index (κ3) is 4.32. The number of hydrogen-bond acceptors (Lipinski definition) is 5. The van der Waals surface area contributed by atoms with Crippen molar-refractivity contribution in [3.8, 4) is 33.2 Å². The summed E-state index contributed by atoms with van der Waals surface area (Å²) in [5.74, 6) is 0.204. The Balaban J connectivity index is 1.33. The summed E-state index contributed by atoms with van der Waals surface area (Å²) in [4.78, 5) is 17.4. The van der Waals surface area contributed by atoms with Crippen LogP contribution in [0.25, 0.3) is 33.2 Å². The smallest absolute Gasteiger partial charge is 0.277 e. The summed E-state index contributed by atoms with van der Waals surface area (Å²) in [5.41, 5.74) is 4.48. The van der Waals surface area contributed by atoms with Gasteiger partial charge >= 0.3 is 0 Å². The van der Waals surface area contributed by atoms with E-state index in [1.54, 1.807) is 17.4 Å². The number of halogens is 1. The Kier molecular flexibility index (Phi) is 5.54. The van der Waals surface area contributed by atoms with Gasteiger partial charge in [0.25, 0.3) is 5.91 Å². The topological polar surface area (TPSA) is 68.0 Å². The maximum atomic E-state index is 12.7. The van der Waals surface area contributed by atoms with Gasteiger partial charge in [0.05, 0.1) is 5.69 Å². The van der Waals surface area contributed by atoms with Crippen LogP contribution < -0.4 is 5.32 Å². The van der Waals surface area contributed by atoms with Crippen molar-refractivity contribution in [2.24, 2.45) is 0 Å². The van der Waals surface area contributed by atoms with E-state index < -0.39 is 0 Å². The fourth-order valence-corrected chi connectivity index (χ4v) is 4.16. The molecule has 0 aliphatic carbocycles. The highest BCUT2D eigenvalue weighted by Crippen LogP contribution is 2.30. The van der Waals surface area contributed by atoms with Crippen molar-refractivity contribution in [1.82, 2.24) is 10.1 Å². The minimum Gasteiger partial charge on any atom is -0.355 e. The number of nitrogens with zero attached hydrogens (tertiary/aromatic N) is 2. The van der Waals surface area contributed by atoms with Crippen LogP contribution in [0.4, 0.5) is 5.69 Å². The minimum atomic E-state index is -0.340. The molecule has 0 saturated heterocycles. The minimum absolute atomic E-state index is 0.216. The van der Waals surface area contributed by atoms with Crippen LogP contribution in [0, 0.1) is 0 Å². The second-order valence-corrected chi connectivity index (χ2v) is 8.32.